The van der Waals surface area contributed by atoms with Gasteiger partial charge in [0.2, 0.25) is 0 Å². The van der Waals surface area contributed by atoms with Gasteiger partial charge in [-0.1, -0.05) is 0 Å². The number of nitrogens with zero attached hydrogens (tertiary/aromatic N) is 1. The fraction of sp³-hybridized carbons (Fsp3) is 0.286. The van der Waals surface area contributed by atoms with Crippen LogP contribution in [0.15, 0.2) is 22.8 Å². The number of carbonyl (C=O) groups is 2. The van der Waals surface area contributed by atoms with Gasteiger partial charge in [0.1, 0.15) is 11.4 Å². The summed E-state index contributed by atoms with van der Waals surface area (Å²) >= 11 is 3.35. The molecule has 3 N–H and O–H groups in total. The summed E-state index contributed by atoms with van der Waals surface area (Å²) < 4.78 is 2.62. The zero-order chi connectivity index (χ0) is 15.7. The summed E-state index contributed by atoms with van der Waals surface area (Å²) in [6.07, 6.45) is 1.82. The van der Waals surface area contributed by atoms with Gasteiger partial charge in [-0.05, 0) is 48.8 Å². The molecule has 0 spiro atoms. The summed E-state index contributed by atoms with van der Waals surface area (Å²) in [5.41, 5.74) is 1.37. The Labute approximate surface area is 130 Å². The van der Waals surface area contributed by atoms with Crippen LogP contribution >= 0.6 is 15.9 Å². The van der Waals surface area contributed by atoms with E-state index in [4.69, 9.17) is 5.11 Å². The maximum Gasteiger partial charge on any atom is 0.354 e. The quantitative estimate of drug-likeness (QED) is 0.786. The van der Waals surface area contributed by atoms with Crippen LogP contribution in [0.3, 0.4) is 0 Å². The second kappa shape index (κ2) is 5.77. The summed E-state index contributed by atoms with van der Waals surface area (Å²) in [7, 11) is 0. The number of aromatic amines is 1. The van der Waals surface area contributed by atoms with E-state index in [0.717, 1.165) is 4.47 Å². The van der Waals surface area contributed by atoms with Gasteiger partial charge in [-0.25, -0.2) is 4.79 Å². The minimum atomic E-state index is -1.11. The highest BCUT2D eigenvalue weighted by Crippen LogP contribution is 2.22. The van der Waals surface area contributed by atoms with Gasteiger partial charge in [-0.15, -0.1) is 0 Å². The second-order valence-corrected chi connectivity index (χ2v) is 5.96. The summed E-state index contributed by atoms with van der Waals surface area (Å²) in [5.74, 6) is -1.46. The Bertz CT molecular complexity index is 700. The number of halogens is 1. The van der Waals surface area contributed by atoms with Crippen molar-refractivity contribution in [3.05, 3.63) is 39.9 Å². The van der Waals surface area contributed by atoms with E-state index in [1.807, 2.05) is 24.6 Å². The number of aromatic carboxylic acids is 1. The maximum absolute atomic E-state index is 12.4. The third-order valence-electron chi connectivity index (χ3n) is 3.02. The zero-order valence-electron chi connectivity index (χ0n) is 11.9. The molecule has 6 nitrogen and oxygen atoms in total. The van der Waals surface area contributed by atoms with Gasteiger partial charge in [0.05, 0.1) is 5.69 Å². The van der Waals surface area contributed by atoms with Gasteiger partial charge in [-0.2, -0.15) is 0 Å². The molecule has 0 aromatic carbocycles. The molecule has 0 aliphatic carbocycles. The molecule has 0 unspecified atom stereocenters. The summed E-state index contributed by atoms with van der Waals surface area (Å²) in [4.78, 5) is 26.2. The molecule has 112 valence electrons. The monoisotopic (exact) mass is 353 g/mol. The van der Waals surface area contributed by atoms with Crippen LogP contribution < -0.4 is 5.32 Å². The predicted molar refractivity (Wildman–Crippen MR) is 83.0 cm³/mol. The SMILES string of the molecule is Cc1cc(NC(=O)c2cc(Br)cn2C(C)C)c(C(=O)O)[nH]1. The van der Waals surface area contributed by atoms with E-state index in [-0.39, 0.29) is 23.3 Å². The second-order valence-electron chi connectivity index (χ2n) is 5.04. The van der Waals surface area contributed by atoms with Gasteiger partial charge in [0.25, 0.3) is 5.91 Å². The lowest BCUT2D eigenvalue weighted by Crippen LogP contribution is -2.18. The number of nitrogens with one attached hydrogen (secondary N) is 2. The highest BCUT2D eigenvalue weighted by molar-refractivity contribution is 9.10. The molecule has 0 saturated carbocycles. The van der Waals surface area contributed by atoms with Crippen LogP contribution in [0.4, 0.5) is 5.69 Å². The van der Waals surface area contributed by atoms with E-state index >= 15 is 0 Å². The molecule has 7 heteroatoms. The number of amides is 1. The summed E-state index contributed by atoms with van der Waals surface area (Å²) in [6, 6.07) is 3.41. The van der Waals surface area contributed by atoms with Crippen molar-refractivity contribution >= 4 is 33.5 Å². The Morgan fingerprint density at radius 3 is 2.62 bits per heavy atom. The Kier molecular flexibility index (Phi) is 4.22. The Balaban J connectivity index is 2.33. The van der Waals surface area contributed by atoms with Crippen molar-refractivity contribution in [3.8, 4) is 0 Å². The van der Waals surface area contributed by atoms with Crippen molar-refractivity contribution in [2.45, 2.75) is 26.8 Å². The molecule has 0 radical (unpaired) electrons. The fourth-order valence-electron chi connectivity index (χ4n) is 2.10. The lowest BCUT2D eigenvalue weighted by atomic mass is 10.3. The van der Waals surface area contributed by atoms with E-state index < -0.39 is 5.97 Å². The zero-order valence-corrected chi connectivity index (χ0v) is 13.5. The highest BCUT2D eigenvalue weighted by Gasteiger charge is 2.19. The van der Waals surface area contributed by atoms with Gasteiger partial charge in [0, 0.05) is 22.4 Å². The molecule has 1 amide bonds. The molecule has 0 atom stereocenters. The number of rotatable bonds is 4. The van der Waals surface area contributed by atoms with E-state index in [2.05, 4.69) is 26.2 Å². The number of aryl methyl sites for hydroxylation is 1. The van der Waals surface area contributed by atoms with Crippen LogP contribution in [0.2, 0.25) is 0 Å². The van der Waals surface area contributed by atoms with Gasteiger partial charge in [0.15, 0.2) is 0 Å². The molecule has 0 saturated heterocycles. The van der Waals surface area contributed by atoms with E-state index in [1.54, 1.807) is 19.1 Å². The fourth-order valence-corrected chi connectivity index (χ4v) is 2.54. The molecule has 0 aliphatic rings. The van der Waals surface area contributed by atoms with Crippen molar-refractivity contribution in [1.82, 2.24) is 9.55 Å². The normalized spacial score (nSPS) is 10.9. The first-order valence-electron chi connectivity index (χ1n) is 6.41. The van der Waals surface area contributed by atoms with Crippen molar-refractivity contribution in [2.24, 2.45) is 0 Å². The van der Waals surface area contributed by atoms with Crippen LogP contribution in [-0.2, 0) is 0 Å². The van der Waals surface area contributed by atoms with Crippen LogP contribution in [0.25, 0.3) is 0 Å². The number of carboxylic acid groups (broad SMARTS) is 1. The number of carboxylic acids is 1. The number of hydrogen-bond acceptors (Lipinski definition) is 2. The molecule has 0 bridgehead atoms. The topological polar surface area (TPSA) is 87.1 Å². The molecule has 0 aliphatic heterocycles. The molecule has 2 rings (SSSR count). The highest BCUT2D eigenvalue weighted by atomic mass is 79.9. The van der Waals surface area contributed by atoms with Crippen molar-refractivity contribution in [2.75, 3.05) is 5.32 Å². The van der Waals surface area contributed by atoms with Crippen LogP contribution in [0, 0.1) is 6.92 Å². The number of hydrogen-bond donors (Lipinski definition) is 3. The number of aromatic nitrogens is 2. The van der Waals surface area contributed by atoms with Gasteiger partial charge < -0.3 is 20.0 Å². The maximum atomic E-state index is 12.4. The molecular weight excluding hydrogens is 338 g/mol. The Hall–Kier alpha value is -2.02. The third kappa shape index (κ3) is 3.18. The predicted octanol–water partition coefficient (Wildman–Crippen LogP) is 3.42. The minimum Gasteiger partial charge on any atom is -0.477 e. The summed E-state index contributed by atoms with van der Waals surface area (Å²) in [5, 5.41) is 11.8. The van der Waals surface area contributed by atoms with Crippen LogP contribution in [0.1, 0.15) is 46.6 Å². The first-order chi connectivity index (χ1) is 9.79. The lowest BCUT2D eigenvalue weighted by Gasteiger charge is -2.12. The number of H-pyrrole nitrogens is 1. The molecule has 2 aromatic rings. The lowest BCUT2D eigenvalue weighted by molar-refractivity contribution is 0.0692. The first-order valence-corrected chi connectivity index (χ1v) is 7.20. The molecule has 2 heterocycles. The van der Waals surface area contributed by atoms with Crippen LogP contribution in [0.5, 0.6) is 0 Å². The third-order valence-corrected chi connectivity index (χ3v) is 3.45. The van der Waals surface area contributed by atoms with E-state index in [9.17, 15) is 9.59 Å². The number of anilines is 1. The van der Waals surface area contributed by atoms with Crippen molar-refractivity contribution in [1.29, 1.82) is 0 Å². The minimum absolute atomic E-state index is 0.0254. The molecular formula is C14H16BrN3O3. The Morgan fingerprint density at radius 2 is 2.05 bits per heavy atom. The standard InChI is InChI=1S/C14H16BrN3O3/c1-7(2)18-6-9(15)5-11(18)13(19)17-10-4-8(3)16-12(10)14(20)21/h4-7,16H,1-3H3,(H,17,19)(H,20,21). The molecule has 0 fully saturated rings. The van der Waals surface area contributed by atoms with Gasteiger partial charge >= 0.3 is 5.97 Å². The number of carbonyl (C=O) groups excluding carboxylic acids is 1. The van der Waals surface area contributed by atoms with Crippen molar-refractivity contribution in [3.63, 3.8) is 0 Å². The average Bonchev–Trinajstić information content (AvgIpc) is 2.92. The van der Waals surface area contributed by atoms with Gasteiger partial charge in [-0.3, -0.25) is 4.79 Å². The van der Waals surface area contributed by atoms with Crippen molar-refractivity contribution < 1.29 is 14.7 Å². The average molecular weight is 354 g/mol. The van der Waals surface area contributed by atoms with E-state index in [0.29, 0.717) is 11.4 Å². The molecule has 21 heavy (non-hydrogen) atoms. The first kappa shape index (κ1) is 15.4. The smallest absolute Gasteiger partial charge is 0.354 e. The Morgan fingerprint density at radius 1 is 1.38 bits per heavy atom. The summed E-state index contributed by atoms with van der Waals surface area (Å²) in [6.45, 7) is 5.66. The van der Waals surface area contributed by atoms with Crippen LogP contribution in [-0.4, -0.2) is 26.5 Å². The molecule has 2 aromatic heterocycles. The largest absolute Gasteiger partial charge is 0.477 e. The van der Waals surface area contributed by atoms with E-state index in [1.165, 1.54) is 0 Å².